The highest BCUT2D eigenvalue weighted by atomic mass is 15.1. The van der Waals surface area contributed by atoms with Gasteiger partial charge in [0.2, 0.25) is 0 Å². The number of nitrogens with zero attached hydrogens (tertiary/aromatic N) is 1. The molecule has 37 heavy (non-hydrogen) atoms. The molecule has 0 radical (unpaired) electrons. The van der Waals surface area contributed by atoms with Gasteiger partial charge in [-0.2, -0.15) is 0 Å². The summed E-state index contributed by atoms with van der Waals surface area (Å²) in [6.07, 6.45) is 43.7. The van der Waals surface area contributed by atoms with E-state index in [4.69, 9.17) is 0 Å². The van der Waals surface area contributed by atoms with Crippen molar-refractivity contribution in [2.24, 2.45) is 0 Å². The van der Waals surface area contributed by atoms with Crippen LogP contribution in [-0.4, -0.2) is 24.5 Å². The van der Waals surface area contributed by atoms with Crippen molar-refractivity contribution in [3.8, 4) is 0 Å². The molecule has 0 aliphatic carbocycles. The Labute approximate surface area is 237 Å². The molecule has 0 aromatic heterocycles. The Hall–Kier alpha value is -0.0400. The Balaban J connectivity index is 3.26. The summed E-state index contributed by atoms with van der Waals surface area (Å²) in [6, 6.07) is 0.768. The van der Waals surface area contributed by atoms with E-state index in [1.165, 1.54) is 199 Å². The Morgan fingerprint density at radius 2 is 0.595 bits per heavy atom. The van der Waals surface area contributed by atoms with Crippen molar-refractivity contribution in [3.63, 3.8) is 0 Å². The van der Waals surface area contributed by atoms with Gasteiger partial charge in [0.05, 0.1) is 0 Å². The van der Waals surface area contributed by atoms with E-state index in [2.05, 4.69) is 32.7 Å². The van der Waals surface area contributed by atoms with Crippen molar-refractivity contribution in [1.29, 1.82) is 0 Å². The van der Waals surface area contributed by atoms with Crippen molar-refractivity contribution in [1.82, 2.24) is 4.90 Å². The minimum absolute atomic E-state index is 0.768. The lowest BCUT2D eigenvalue weighted by atomic mass is 10.0. The van der Waals surface area contributed by atoms with Gasteiger partial charge in [-0.3, -0.25) is 0 Å². The van der Waals surface area contributed by atoms with Crippen LogP contribution in [0.2, 0.25) is 0 Å². The molecule has 0 aromatic carbocycles. The van der Waals surface area contributed by atoms with Gasteiger partial charge in [-0.25, -0.2) is 0 Å². The average Bonchev–Trinajstić information content (AvgIpc) is 2.90. The second-order valence-electron chi connectivity index (χ2n) is 12.7. The molecular formula is C36H75N. The third-order valence-electron chi connectivity index (χ3n) is 8.84. The third kappa shape index (κ3) is 30.4. The second kappa shape index (κ2) is 32.2. The second-order valence-corrected chi connectivity index (χ2v) is 12.7. The van der Waals surface area contributed by atoms with E-state index in [1.54, 1.807) is 0 Å². The first-order valence-corrected chi connectivity index (χ1v) is 17.9. The molecule has 0 saturated heterocycles. The summed E-state index contributed by atoms with van der Waals surface area (Å²) in [4.78, 5) is 2.63. The van der Waals surface area contributed by atoms with Crippen LogP contribution in [0.3, 0.4) is 0 Å². The molecule has 0 saturated carbocycles. The maximum Gasteiger partial charge on any atom is 0.00638 e. The van der Waals surface area contributed by atoms with E-state index < -0.39 is 0 Å². The smallest absolute Gasteiger partial charge is 0.00638 e. The number of hydrogen-bond acceptors (Lipinski definition) is 1. The van der Waals surface area contributed by atoms with Crippen molar-refractivity contribution in [3.05, 3.63) is 0 Å². The van der Waals surface area contributed by atoms with Crippen LogP contribution in [0.25, 0.3) is 0 Å². The highest BCUT2D eigenvalue weighted by Gasteiger charge is 2.08. The SMILES string of the molecule is CCCCCCCCCCCCCCCCCCN(C)C(C)CCCCCCCCCCCCCCC. The van der Waals surface area contributed by atoms with E-state index in [0.717, 1.165) is 6.04 Å². The van der Waals surface area contributed by atoms with Crippen LogP contribution in [0.1, 0.15) is 213 Å². The zero-order chi connectivity index (χ0) is 27.1. The molecule has 1 atom stereocenters. The van der Waals surface area contributed by atoms with Crippen molar-refractivity contribution in [2.75, 3.05) is 13.6 Å². The third-order valence-corrected chi connectivity index (χ3v) is 8.84. The molecule has 224 valence electrons. The summed E-state index contributed by atoms with van der Waals surface area (Å²) < 4.78 is 0. The van der Waals surface area contributed by atoms with Gasteiger partial charge in [-0.05, 0) is 33.4 Å². The molecular weight excluding hydrogens is 446 g/mol. The molecule has 0 heterocycles. The maximum absolute atomic E-state index is 2.63. The van der Waals surface area contributed by atoms with Gasteiger partial charge in [0.1, 0.15) is 0 Å². The summed E-state index contributed by atoms with van der Waals surface area (Å²) in [5.41, 5.74) is 0. The maximum atomic E-state index is 2.63. The Kier molecular flexibility index (Phi) is 32.1. The van der Waals surface area contributed by atoms with Crippen molar-refractivity contribution in [2.45, 2.75) is 219 Å². The van der Waals surface area contributed by atoms with Gasteiger partial charge in [-0.15, -0.1) is 0 Å². The van der Waals surface area contributed by atoms with Gasteiger partial charge >= 0.3 is 0 Å². The summed E-state index contributed by atoms with van der Waals surface area (Å²) >= 11 is 0. The molecule has 0 amide bonds. The van der Waals surface area contributed by atoms with Crippen LogP contribution in [0.5, 0.6) is 0 Å². The zero-order valence-corrected chi connectivity index (χ0v) is 26.9. The molecule has 1 heteroatoms. The predicted molar refractivity (Wildman–Crippen MR) is 172 cm³/mol. The lowest BCUT2D eigenvalue weighted by Gasteiger charge is -2.24. The topological polar surface area (TPSA) is 3.24 Å². The zero-order valence-electron chi connectivity index (χ0n) is 26.9. The summed E-state index contributed by atoms with van der Waals surface area (Å²) in [6.45, 7) is 8.37. The number of unbranched alkanes of at least 4 members (excludes halogenated alkanes) is 27. The molecule has 0 spiro atoms. The van der Waals surface area contributed by atoms with Gasteiger partial charge in [0, 0.05) is 6.04 Å². The molecule has 1 nitrogen and oxygen atoms in total. The summed E-state index contributed by atoms with van der Waals surface area (Å²) in [7, 11) is 2.36. The molecule has 0 rings (SSSR count). The van der Waals surface area contributed by atoms with E-state index in [-0.39, 0.29) is 0 Å². The fourth-order valence-corrected chi connectivity index (χ4v) is 5.81. The van der Waals surface area contributed by atoms with Crippen LogP contribution in [0, 0.1) is 0 Å². The Morgan fingerprint density at radius 3 is 0.892 bits per heavy atom. The fourth-order valence-electron chi connectivity index (χ4n) is 5.81. The van der Waals surface area contributed by atoms with Gasteiger partial charge < -0.3 is 4.90 Å². The molecule has 1 unspecified atom stereocenters. The van der Waals surface area contributed by atoms with Crippen molar-refractivity contribution >= 4 is 0 Å². The summed E-state index contributed by atoms with van der Waals surface area (Å²) in [5, 5.41) is 0. The first kappa shape index (κ1) is 37.0. The lowest BCUT2D eigenvalue weighted by molar-refractivity contribution is 0.236. The Morgan fingerprint density at radius 1 is 0.351 bits per heavy atom. The van der Waals surface area contributed by atoms with Gasteiger partial charge in [0.15, 0.2) is 0 Å². The minimum atomic E-state index is 0.768. The molecule has 0 N–H and O–H groups in total. The monoisotopic (exact) mass is 522 g/mol. The molecule has 0 aliphatic heterocycles. The van der Waals surface area contributed by atoms with Gasteiger partial charge in [-0.1, -0.05) is 194 Å². The molecule has 0 bridgehead atoms. The van der Waals surface area contributed by atoms with E-state index in [1.807, 2.05) is 0 Å². The number of rotatable bonds is 32. The predicted octanol–water partition coefficient (Wildman–Crippen LogP) is 13.0. The average molecular weight is 522 g/mol. The molecule has 0 aliphatic rings. The fraction of sp³-hybridized carbons (Fsp3) is 1.00. The highest BCUT2D eigenvalue weighted by molar-refractivity contribution is 4.64. The van der Waals surface area contributed by atoms with Gasteiger partial charge in [0.25, 0.3) is 0 Å². The quantitative estimate of drug-likeness (QED) is 0.0795. The first-order chi connectivity index (χ1) is 18.2. The normalized spacial score (nSPS) is 12.6. The van der Waals surface area contributed by atoms with Crippen molar-refractivity contribution < 1.29 is 0 Å². The van der Waals surface area contributed by atoms with E-state index in [0.29, 0.717) is 0 Å². The molecule has 0 aromatic rings. The minimum Gasteiger partial charge on any atom is -0.304 e. The number of hydrogen-bond donors (Lipinski definition) is 0. The summed E-state index contributed by atoms with van der Waals surface area (Å²) in [5.74, 6) is 0. The van der Waals surface area contributed by atoms with E-state index in [9.17, 15) is 0 Å². The Bertz CT molecular complexity index is 392. The lowest BCUT2D eigenvalue weighted by Crippen LogP contribution is -2.29. The van der Waals surface area contributed by atoms with Crippen LogP contribution in [0.15, 0.2) is 0 Å². The van der Waals surface area contributed by atoms with Crippen LogP contribution in [0.4, 0.5) is 0 Å². The van der Waals surface area contributed by atoms with Crippen LogP contribution >= 0.6 is 0 Å². The highest BCUT2D eigenvalue weighted by Crippen LogP contribution is 2.16. The first-order valence-electron chi connectivity index (χ1n) is 17.9. The van der Waals surface area contributed by atoms with Crippen LogP contribution < -0.4 is 0 Å². The van der Waals surface area contributed by atoms with Crippen LogP contribution in [-0.2, 0) is 0 Å². The largest absolute Gasteiger partial charge is 0.304 e. The van der Waals surface area contributed by atoms with E-state index >= 15 is 0 Å². The standard InChI is InChI=1S/C36H75N/c1-5-7-9-11-13-15-17-19-20-21-23-25-27-29-31-33-35-37(4)36(3)34-32-30-28-26-24-22-18-16-14-12-10-8-6-2/h36H,5-35H2,1-4H3. The molecule has 0 fully saturated rings.